The van der Waals surface area contributed by atoms with Gasteiger partial charge in [0.15, 0.2) is 0 Å². The number of benzene rings is 2. The predicted molar refractivity (Wildman–Crippen MR) is 91.7 cm³/mol. The zero-order valence-electron chi connectivity index (χ0n) is 12.9. The molecule has 1 atom stereocenters. The second kappa shape index (κ2) is 6.10. The zero-order chi connectivity index (χ0) is 17.3. The fourth-order valence-electron chi connectivity index (χ4n) is 2.76. The Balaban J connectivity index is 1.90. The van der Waals surface area contributed by atoms with Gasteiger partial charge in [-0.05, 0) is 42.3 Å². The topological polar surface area (TPSA) is 73.2 Å². The minimum atomic E-state index is -1.10. The third kappa shape index (κ3) is 2.79. The average Bonchev–Trinajstić information content (AvgIpc) is 2.79. The molecule has 1 aliphatic heterocycles. The van der Waals surface area contributed by atoms with E-state index in [1.165, 1.54) is 4.90 Å². The van der Waals surface area contributed by atoms with Crippen LogP contribution >= 0.6 is 15.9 Å². The minimum absolute atomic E-state index is 0.129. The van der Waals surface area contributed by atoms with Crippen LogP contribution in [-0.2, 0) is 16.9 Å². The molecule has 3 amide bonds. The number of hydrogen-bond donors (Lipinski definition) is 1. The van der Waals surface area contributed by atoms with Crippen molar-refractivity contribution < 1.29 is 9.59 Å². The highest BCUT2D eigenvalue weighted by atomic mass is 79.9. The summed E-state index contributed by atoms with van der Waals surface area (Å²) in [5.41, 5.74) is 0.835. The van der Waals surface area contributed by atoms with Gasteiger partial charge in [0.25, 0.3) is 5.91 Å². The number of carbonyl (C=O) groups excluding carboxylic acids is 2. The highest BCUT2D eigenvalue weighted by molar-refractivity contribution is 9.10. The lowest BCUT2D eigenvalue weighted by Gasteiger charge is -2.22. The van der Waals surface area contributed by atoms with E-state index in [0.717, 1.165) is 10.0 Å². The molecule has 0 saturated carbocycles. The highest BCUT2D eigenvalue weighted by Crippen LogP contribution is 2.31. The molecule has 0 aliphatic carbocycles. The lowest BCUT2D eigenvalue weighted by molar-refractivity contribution is -0.131. The van der Waals surface area contributed by atoms with Gasteiger partial charge < -0.3 is 5.32 Å². The summed E-state index contributed by atoms with van der Waals surface area (Å²) in [5, 5.41) is 11.7. The number of nitriles is 1. The minimum Gasteiger partial charge on any atom is -0.319 e. The molecule has 0 aromatic heterocycles. The van der Waals surface area contributed by atoms with E-state index < -0.39 is 11.6 Å². The van der Waals surface area contributed by atoms with Gasteiger partial charge in [-0.25, -0.2) is 4.79 Å². The maximum Gasteiger partial charge on any atom is 0.325 e. The fraction of sp³-hybridized carbons (Fsp3) is 0.167. The van der Waals surface area contributed by atoms with Crippen LogP contribution in [0.4, 0.5) is 4.79 Å². The van der Waals surface area contributed by atoms with Gasteiger partial charge in [-0.3, -0.25) is 9.69 Å². The third-order valence-corrected chi connectivity index (χ3v) is 4.57. The van der Waals surface area contributed by atoms with E-state index in [9.17, 15) is 9.59 Å². The second-order valence-corrected chi connectivity index (χ2v) is 6.68. The second-order valence-electron chi connectivity index (χ2n) is 5.77. The molecule has 0 radical (unpaired) electrons. The Bertz CT molecular complexity index is 875. The first-order chi connectivity index (χ1) is 11.4. The van der Waals surface area contributed by atoms with Gasteiger partial charge in [-0.2, -0.15) is 5.26 Å². The SMILES string of the molecule is CC1(c2cccc(Br)c2)NC(=O)N(Cc2cccc(C#N)c2)C1=O. The van der Waals surface area contributed by atoms with Gasteiger partial charge in [-0.15, -0.1) is 0 Å². The molecule has 1 heterocycles. The van der Waals surface area contributed by atoms with Crippen LogP contribution in [-0.4, -0.2) is 16.8 Å². The molecule has 1 N–H and O–H groups in total. The molecule has 0 bridgehead atoms. The molecule has 1 aliphatic rings. The van der Waals surface area contributed by atoms with Gasteiger partial charge in [-0.1, -0.05) is 40.2 Å². The molecule has 5 nitrogen and oxygen atoms in total. The number of urea groups is 1. The molecule has 1 saturated heterocycles. The Kier molecular flexibility index (Phi) is 4.12. The van der Waals surface area contributed by atoms with E-state index in [4.69, 9.17) is 5.26 Å². The van der Waals surface area contributed by atoms with E-state index in [1.807, 2.05) is 24.3 Å². The van der Waals surface area contributed by atoms with Crippen LogP contribution in [0.5, 0.6) is 0 Å². The molecular weight excluding hydrogens is 370 g/mol. The third-order valence-electron chi connectivity index (χ3n) is 4.07. The molecule has 2 aromatic rings. The van der Waals surface area contributed by atoms with Crippen molar-refractivity contribution in [2.75, 3.05) is 0 Å². The monoisotopic (exact) mass is 383 g/mol. The number of nitrogens with zero attached hydrogens (tertiary/aromatic N) is 2. The number of carbonyl (C=O) groups is 2. The molecule has 6 heteroatoms. The van der Waals surface area contributed by atoms with Crippen molar-refractivity contribution in [3.8, 4) is 6.07 Å². The smallest absolute Gasteiger partial charge is 0.319 e. The summed E-state index contributed by atoms with van der Waals surface area (Å²) in [6.07, 6.45) is 0. The maximum absolute atomic E-state index is 12.9. The van der Waals surface area contributed by atoms with Crippen LogP contribution < -0.4 is 5.32 Å². The Labute approximate surface area is 148 Å². The lowest BCUT2D eigenvalue weighted by atomic mass is 9.92. The van der Waals surface area contributed by atoms with Crippen molar-refractivity contribution >= 4 is 27.9 Å². The lowest BCUT2D eigenvalue weighted by Crippen LogP contribution is -2.40. The highest BCUT2D eigenvalue weighted by Gasteiger charge is 2.48. The Morgan fingerprint density at radius 2 is 1.96 bits per heavy atom. The molecule has 120 valence electrons. The Morgan fingerprint density at radius 1 is 1.21 bits per heavy atom. The summed E-state index contributed by atoms with van der Waals surface area (Å²) in [6.45, 7) is 1.82. The first-order valence-corrected chi connectivity index (χ1v) is 8.12. The Hall–Kier alpha value is -2.65. The van der Waals surface area contributed by atoms with Crippen LogP contribution in [0.1, 0.15) is 23.6 Å². The largest absolute Gasteiger partial charge is 0.325 e. The van der Waals surface area contributed by atoms with Crippen LogP contribution in [0.25, 0.3) is 0 Å². The fourth-order valence-corrected chi connectivity index (χ4v) is 3.16. The summed E-state index contributed by atoms with van der Waals surface area (Å²) in [4.78, 5) is 26.4. The van der Waals surface area contributed by atoms with Crippen molar-refractivity contribution in [2.45, 2.75) is 19.0 Å². The van der Waals surface area contributed by atoms with E-state index >= 15 is 0 Å². The van der Waals surface area contributed by atoms with Crippen LogP contribution in [0.2, 0.25) is 0 Å². The molecule has 2 aromatic carbocycles. The first kappa shape index (κ1) is 16.2. The van der Waals surface area contributed by atoms with Crippen molar-refractivity contribution in [2.24, 2.45) is 0 Å². The van der Waals surface area contributed by atoms with Crippen molar-refractivity contribution in [1.29, 1.82) is 5.26 Å². The van der Waals surface area contributed by atoms with Gasteiger partial charge in [0.05, 0.1) is 18.2 Å². The van der Waals surface area contributed by atoms with E-state index in [1.54, 1.807) is 31.2 Å². The number of hydrogen-bond acceptors (Lipinski definition) is 3. The zero-order valence-corrected chi connectivity index (χ0v) is 14.5. The number of amides is 3. The van der Waals surface area contributed by atoms with Gasteiger partial charge in [0.1, 0.15) is 5.54 Å². The maximum atomic E-state index is 12.9. The number of nitrogens with one attached hydrogen (secondary N) is 1. The van der Waals surface area contributed by atoms with Crippen molar-refractivity contribution in [3.63, 3.8) is 0 Å². The van der Waals surface area contributed by atoms with Crippen LogP contribution in [0.15, 0.2) is 53.0 Å². The summed E-state index contributed by atoms with van der Waals surface area (Å²) in [7, 11) is 0. The summed E-state index contributed by atoms with van der Waals surface area (Å²) in [6, 6.07) is 15.8. The van der Waals surface area contributed by atoms with Gasteiger partial charge in [0, 0.05) is 4.47 Å². The van der Waals surface area contributed by atoms with E-state index in [0.29, 0.717) is 11.1 Å². The number of imide groups is 1. The average molecular weight is 384 g/mol. The molecule has 3 rings (SSSR count). The van der Waals surface area contributed by atoms with E-state index in [-0.39, 0.29) is 12.5 Å². The molecule has 1 unspecified atom stereocenters. The molecule has 1 fully saturated rings. The van der Waals surface area contributed by atoms with Gasteiger partial charge >= 0.3 is 6.03 Å². The normalized spacial score (nSPS) is 20.0. The van der Waals surface area contributed by atoms with E-state index in [2.05, 4.69) is 27.3 Å². The Morgan fingerprint density at radius 3 is 2.67 bits per heavy atom. The summed E-state index contributed by atoms with van der Waals surface area (Å²) < 4.78 is 0.837. The summed E-state index contributed by atoms with van der Waals surface area (Å²) in [5.74, 6) is -0.312. The van der Waals surface area contributed by atoms with Crippen LogP contribution in [0.3, 0.4) is 0 Å². The first-order valence-electron chi connectivity index (χ1n) is 7.33. The standard InChI is InChI=1S/C18H14BrN3O2/c1-18(14-6-3-7-15(19)9-14)16(23)22(17(24)21-18)11-13-5-2-4-12(8-13)10-20/h2-9H,11H2,1H3,(H,21,24). The molecule has 24 heavy (non-hydrogen) atoms. The van der Waals surface area contributed by atoms with Crippen LogP contribution in [0, 0.1) is 11.3 Å². The van der Waals surface area contributed by atoms with Crippen molar-refractivity contribution in [1.82, 2.24) is 10.2 Å². The van der Waals surface area contributed by atoms with Crippen molar-refractivity contribution in [3.05, 3.63) is 69.7 Å². The molecule has 0 spiro atoms. The quantitative estimate of drug-likeness (QED) is 0.826. The molecular formula is C18H14BrN3O2. The van der Waals surface area contributed by atoms with Gasteiger partial charge in [0.2, 0.25) is 0 Å². The summed E-state index contributed by atoms with van der Waals surface area (Å²) >= 11 is 3.38. The number of rotatable bonds is 3. The number of halogens is 1. The predicted octanol–water partition coefficient (Wildman–Crippen LogP) is 3.29.